The minimum absolute atomic E-state index is 0.173. The maximum Gasteiger partial charge on any atom is 0.410 e. The van der Waals surface area contributed by atoms with E-state index >= 15 is 0 Å². The van der Waals surface area contributed by atoms with Gasteiger partial charge < -0.3 is 34.6 Å². The SMILES string of the molecule is C#CCCN(Cc1ncc(-c2ccc3cc(C4=CC=C(c5cnc(CN(CCC)C(=O)[C@@H](c6ccccc6)N(CC)C(=O)OC)[nH]5)CC4)ccc3c2)[nH]1)C(=O)[C@@H](NC(=O)OC)C(C)C. The van der Waals surface area contributed by atoms with Crippen LogP contribution in [0.2, 0.25) is 0 Å². The van der Waals surface area contributed by atoms with Gasteiger partial charge in [0.2, 0.25) is 5.91 Å². The molecule has 6 rings (SSSR count). The van der Waals surface area contributed by atoms with Gasteiger partial charge in [0.1, 0.15) is 23.7 Å². The van der Waals surface area contributed by atoms with Crippen molar-refractivity contribution in [1.29, 1.82) is 0 Å². The van der Waals surface area contributed by atoms with E-state index < -0.39 is 24.3 Å². The average molecular weight is 867 g/mol. The number of benzene rings is 3. The molecule has 0 radical (unpaired) electrons. The molecule has 3 aromatic carbocycles. The van der Waals surface area contributed by atoms with Crippen LogP contribution in [0.25, 0.3) is 33.2 Å². The molecule has 0 fully saturated rings. The molecule has 334 valence electrons. The van der Waals surface area contributed by atoms with Crippen LogP contribution in [0.1, 0.15) is 87.9 Å². The van der Waals surface area contributed by atoms with Crippen molar-refractivity contribution in [3.63, 3.8) is 0 Å². The number of aromatic amines is 2. The van der Waals surface area contributed by atoms with Crippen molar-refractivity contribution in [2.75, 3.05) is 33.9 Å². The summed E-state index contributed by atoms with van der Waals surface area (Å²) in [5.41, 5.74) is 6.92. The lowest BCUT2D eigenvalue weighted by Gasteiger charge is -2.33. The molecule has 14 heteroatoms. The molecule has 1 aliphatic carbocycles. The Morgan fingerprint density at radius 3 is 1.98 bits per heavy atom. The highest BCUT2D eigenvalue weighted by molar-refractivity contribution is 5.91. The molecule has 0 bridgehead atoms. The number of H-pyrrole nitrogens is 2. The van der Waals surface area contributed by atoms with Crippen LogP contribution in [0.3, 0.4) is 0 Å². The van der Waals surface area contributed by atoms with Crippen LogP contribution in [-0.2, 0) is 32.2 Å². The Hall–Kier alpha value is -7.14. The minimum atomic E-state index is -0.832. The zero-order chi connectivity index (χ0) is 45.8. The lowest BCUT2D eigenvalue weighted by molar-refractivity contribution is -0.137. The monoisotopic (exact) mass is 866 g/mol. The second kappa shape index (κ2) is 21.8. The van der Waals surface area contributed by atoms with Crippen LogP contribution in [0.15, 0.2) is 91.3 Å². The third-order valence-corrected chi connectivity index (χ3v) is 11.4. The molecule has 0 saturated heterocycles. The smallest absolute Gasteiger partial charge is 0.410 e. The molecule has 2 atom stereocenters. The lowest BCUT2D eigenvalue weighted by Crippen LogP contribution is -2.51. The van der Waals surface area contributed by atoms with Gasteiger partial charge in [-0.15, -0.1) is 12.3 Å². The molecular weight excluding hydrogens is 809 g/mol. The van der Waals surface area contributed by atoms with Gasteiger partial charge in [-0.1, -0.05) is 87.5 Å². The highest BCUT2D eigenvalue weighted by atomic mass is 16.5. The van der Waals surface area contributed by atoms with E-state index in [4.69, 9.17) is 15.9 Å². The molecule has 0 unspecified atom stereocenters. The van der Waals surface area contributed by atoms with Crippen LogP contribution in [-0.4, -0.2) is 98.5 Å². The van der Waals surface area contributed by atoms with Gasteiger partial charge in [0.15, 0.2) is 0 Å². The number of amides is 4. The first kappa shape index (κ1) is 46.4. The van der Waals surface area contributed by atoms with E-state index in [0.29, 0.717) is 37.7 Å². The van der Waals surface area contributed by atoms with Crippen molar-refractivity contribution in [3.8, 4) is 23.6 Å². The van der Waals surface area contributed by atoms with E-state index in [2.05, 4.69) is 79.7 Å². The number of imidazole rings is 2. The van der Waals surface area contributed by atoms with Gasteiger partial charge in [-0.25, -0.2) is 19.6 Å². The molecule has 0 saturated carbocycles. The number of hydrogen-bond acceptors (Lipinski definition) is 8. The number of fused-ring (bicyclic) bond motifs is 1. The van der Waals surface area contributed by atoms with Crippen molar-refractivity contribution in [2.45, 2.75) is 78.6 Å². The summed E-state index contributed by atoms with van der Waals surface area (Å²) in [6.07, 6.45) is 15.0. The number of carbonyl (C=O) groups excluding carboxylic acids is 4. The largest absolute Gasteiger partial charge is 0.453 e. The Morgan fingerprint density at radius 2 is 1.39 bits per heavy atom. The lowest BCUT2D eigenvalue weighted by atomic mass is 9.91. The number of likely N-dealkylation sites (N-methyl/N-ethyl adjacent to an activating group) is 1. The molecule has 1 aliphatic rings. The van der Waals surface area contributed by atoms with E-state index in [-0.39, 0.29) is 30.8 Å². The summed E-state index contributed by atoms with van der Waals surface area (Å²) in [6.45, 7) is 9.16. The molecule has 2 heterocycles. The summed E-state index contributed by atoms with van der Waals surface area (Å²) in [6, 6.07) is 20.5. The maximum atomic E-state index is 14.2. The number of nitrogens with one attached hydrogen (secondary N) is 3. The van der Waals surface area contributed by atoms with E-state index in [1.54, 1.807) is 16.0 Å². The Labute approximate surface area is 375 Å². The first-order valence-corrected chi connectivity index (χ1v) is 21.8. The number of terminal acetylenes is 1. The summed E-state index contributed by atoms with van der Waals surface area (Å²) >= 11 is 0. The predicted octanol–water partition coefficient (Wildman–Crippen LogP) is 8.51. The number of ether oxygens (including phenoxy) is 2. The number of rotatable bonds is 18. The van der Waals surface area contributed by atoms with Crippen molar-refractivity contribution in [2.24, 2.45) is 5.92 Å². The molecule has 5 aromatic rings. The molecular formula is C50H58N8O6. The fraction of sp³-hybridized carbons (Fsp3) is 0.360. The standard InChI is InChI=1S/C50H58N8O6/c1-8-11-26-57(47(59)45(33(4)5)55-49(61)63-6)32-44-52-30-42(54-44)40-24-23-38-27-37(21-22-39(38)28-40)34-17-19-35(20-18-34)41-29-51-43(53-41)31-56(25-9-2)48(60)46(36-15-13-12-14-16-36)58(10-3)50(62)64-7/h1,12-17,19,21-24,27-30,33,45-46H,9-11,18,20,25-26,31-32H2,2-7H3,(H,51,53)(H,52,54)(H,55,61)/t45-,46+/m0/s1. The van der Waals surface area contributed by atoms with Crippen LogP contribution in [0.5, 0.6) is 0 Å². The Balaban J connectivity index is 1.13. The predicted molar refractivity (Wildman–Crippen MR) is 248 cm³/mol. The highest BCUT2D eigenvalue weighted by Gasteiger charge is 2.35. The fourth-order valence-electron chi connectivity index (χ4n) is 7.97. The van der Waals surface area contributed by atoms with E-state index in [0.717, 1.165) is 63.7 Å². The number of nitrogens with zero attached hydrogens (tertiary/aromatic N) is 5. The van der Waals surface area contributed by atoms with Gasteiger partial charge in [-0.3, -0.25) is 14.5 Å². The summed E-state index contributed by atoms with van der Waals surface area (Å²) in [5.74, 6) is 3.24. The number of alkyl carbamates (subject to hydrolysis) is 1. The van der Waals surface area contributed by atoms with Crippen LogP contribution < -0.4 is 5.32 Å². The van der Waals surface area contributed by atoms with Crippen LogP contribution in [0, 0.1) is 18.3 Å². The Morgan fingerprint density at radius 1 is 0.781 bits per heavy atom. The molecule has 4 amide bonds. The molecule has 0 aliphatic heterocycles. The fourth-order valence-corrected chi connectivity index (χ4v) is 7.97. The molecule has 14 nitrogen and oxygen atoms in total. The van der Waals surface area contributed by atoms with Crippen molar-refractivity contribution < 1.29 is 28.7 Å². The molecule has 3 N–H and O–H groups in total. The topological polar surface area (TPSA) is 166 Å². The maximum absolute atomic E-state index is 14.2. The van der Waals surface area contributed by atoms with E-state index in [9.17, 15) is 19.2 Å². The van der Waals surface area contributed by atoms with Crippen molar-refractivity contribution in [1.82, 2.24) is 40.0 Å². The molecule has 0 spiro atoms. The number of carbonyl (C=O) groups is 4. The third-order valence-electron chi connectivity index (χ3n) is 11.4. The zero-order valence-corrected chi connectivity index (χ0v) is 37.5. The summed E-state index contributed by atoms with van der Waals surface area (Å²) in [4.78, 5) is 73.5. The first-order chi connectivity index (χ1) is 31.0. The van der Waals surface area contributed by atoms with Crippen LogP contribution in [0.4, 0.5) is 9.59 Å². The second-order valence-corrected chi connectivity index (χ2v) is 16.0. The van der Waals surface area contributed by atoms with Gasteiger partial charge >= 0.3 is 12.2 Å². The van der Waals surface area contributed by atoms with Crippen molar-refractivity contribution in [3.05, 3.63) is 120 Å². The second-order valence-electron chi connectivity index (χ2n) is 16.0. The van der Waals surface area contributed by atoms with E-state index in [1.807, 2.05) is 64.2 Å². The van der Waals surface area contributed by atoms with Crippen molar-refractivity contribution >= 4 is 45.9 Å². The Bertz CT molecular complexity index is 2530. The normalized spacial score (nSPS) is 13.3. The number of aromatic nitrogens is 4. The zero-order valence-electron chi connectivity index (χ0n) is 37.5. The summed E-state index contributed by atoms with van der Waals surface area (Å²) in [7, 11) is 2.59. The van der Waals surface area contributed by atoms with Gasteiger partial charge in [0.05, 0.1) is 51.1 Å². The highest BCUT2D eigenvalue weighted by Crippen LogP contribution is 2.34. The Kier molecular flexibility index (Phi) is 15.8. The third kappa shape index (κ3) is 11.1. The molecule has 64 heavy (non-hydrogen) atoms. The minimum Gasteiger partial charge on any atom is -0.453 e. The van der Waals surface area contributed by atoms with E-state index in [1.165, 1.54) is 24.7 Å². The van der Waals surface area contributed by atoms with Gasteiger partial charge in [-0.2, -0.15) is 0 Å². The number of hydrogen-bond donors (Lipinski definition) is 3. The number of methoxy groups -OCH3 is 2. The molecule has 2 aromatic heterocycles. The van der Waals surface area contributed by atoms with Gasteiger partial charge in [-0.05, 0) is 77.3 Å². The van der Waals surface area contributed by atoms with Gasteiger partial charge in [0.25, 0.3) is 5.91 Å². The quantitative estimate of drug-likeness (QED) is 0.0738. The van der Waals surface area contributed by atoms with Crippen LogP contribution >= 0.6 is 0 Å². The average Bonchev–Trinajstić information content (AvgIpc) is 4.00. The number of allylic oxidation sites excluding steroid dienone is 4. The summed E-state index contributed by atoms with van der Waals surface area (Å²) < 4.78 is 9.81. The first-order valence-electron chi connectivity index (χ1n) is 21.8. The summed E-state index contributed by atoms with van der Waals surface area (Å²) in [5, 5.41) is 4.83. The van der Waals surface area contributed by atoms with Gasteiger partial charge in [0, 0.05) is 31.6 Å².